The molecule has 4 rings (SSSR count). The number of benzene rings is 1. The molecule has 0 aliphatic carbocycles. The lowest BCUT2D eigenvalue weighted by Crippen LogP contribution is -2.13. The first kappa shape index (κ1) is 16.3. The smallest absolute Gasteiger partial charge is 0.282 e. The third-order valence-corrected chi connectivity index (χ3v) is 4.99. The van der Waals surface area contributed by atoms with Crippen molar-refractivity contribution in [2.45, 2.75) is 20.5 Å². The monoisotopic (exact) mass is 368 g/mol. The average Bonchev–Trinajstić information content (AvgIpc) is 3.30. The van der Waals surface area contributed by atoms with Crippen molar-refractivity contribution in [3.05, 3.63) is 57.9 Å². The first-order valence-electron chi connectivity index (χ1n) is 7.93. The summed E-state index contributed by atoms with van der Waals surface area (Å²) in [4.78, 5) is 18.1. The molecule has 8 heteroatoms. The lowest BCUT2D eigenvalue weighted by Gasteiger charge is -2.05. The summed E-state index contributed by atoms with van der Waals surface area (Å²) >= 11 is 1.55. The third kappa shape index (κ3) is 2.84. The van der Waals surface area contributed by atoms with Gasteiger partial charge in [0.2, 0.25) is 0 Å². The van der Waals surface area contributed by atoms with Crippen LogP contribution in [0.1, 0.15) is 26.7 Å². The van der Waals surface area contributed by atoms with Crippen molar-refractivity contribution in [1.29, 1.82) is 0 Å². The van der Waals surface area contributed by atoms with Crippen LogP contribution in [0.5, 0.6) is 5.75 Å². The number of aromatic nitrogens is 3. The number of furan rings is 1. The van der Waals surface area contributed by atoms with Crippen LogP contribution in [-0.2, 0) is 6.61 Å². The number of nitrogens with zero attached hydrogens (tertiary/aromatic N) is 3. The van der Waals surface area contributed by atoms with E-state index in [0.29, 0.717) is 34.6 Å². The van der Waals surface area contributed by atoms with E-state index in [1.54, 1.807) is 35.9 Å². The molecule has 0 fully saturated rings. The largest absolute Gasteiger partial charge is 0.488 e. The topological polar surface area (TPSA) is 96.2 Å². The average molecular weight is 368 g/mol. The number of hydrogen-bond donors (Lipinski definition) is 1. The van der Waals surface area contributed by atoms with Crippen molar-refractivity contribution >= 4 is 34.0 Å². The molecule has 0 amide bonds. The Balaban J connectivity index is 1.68. The Kier molecular flexibility index (Phi) is 3.96. The predicted octanol–water partition coefficient (Wildman–Crippen LogP) is 3.55. The molecule has 0 aliphatic rings. The lowest BCUT2D eigenvalue weighted by molar-refractivity contribution is 0.0945. The molecule has 1 aromatic carbocycles. The lowest BCUT2D eigenvalue weighted by atomic mass is 10.1. The van der Waals surface area contributed by atoms with Crippen LogP contribution in [0.15, 0.2) is 40.4 Å². The van der Waals surface area contributed by atoms with E-state index >= 15 is 0 Å². The molecule has 0 radical (unpaired) electrons. The summed E-state index contributed by atoms with van der Waals surface area (Å²) in [5, 5.41) is 4.66. The molecule has 0 saturated carbocycles. The van der Waals surface area contributed by atoms with E-state index in [1.165, 1.54) is 10.9 Å². The highest BCUT2D eigenvalue weighted by Gasteiger charge is 2.21. The van der Waals surface area contributed by atoms with Crippen molar-refractivity contribution < 1.29 is 13.9 Å². The molecule has 0 saturated heterocycles. The Labute approximate surface area is 153 Å². The molecule has 0 atom stereocenters. The van der Waals surface area contributed by atoms with Crippen LogP contribution in [0.3, 0.4) is 0 Å². The normalized spacial score (nSPS) is 11.2. The zero-order valence-electron chi connectivity index (χ0n) is 14.2. The summed E-state index contributed by atoms with van der Waals surface area (Å²) in [6.45, 7) is 4.13. The number of anilines is 1. The van der Waals surface area contributed by atoms with E-state index in [1.807, 2.05) is 19.1 Å². The summed E-state index contributed by atoms with van der Waals surface area (Å²) in [5.74, 6) is 1.16. The second-order valence-corrected chi connectivity index (χ2v) is 6.77. The molecular formula is C18H16N4O3S. The van der Waals surface area contributed by atoms with E-state index in [2.05, 4.69) is 10.1 Å². The number of thiazole rings is 1. The van der Waals surface area contributed by atoms with Gasteiger partial charge in [-0.05, 0) is 32.0 Å². The SMILES string of the molecule is Cc1ncsc1COc1ccc2oc(C)c(C(=O)n3ccc(N)n3)c2c1. The van der Waals surface area contributed by atoms with Gasteiger partial charge in [-0.25, -0.2) is 9.67 Å². The molecule has 3 aromatic heterocycles. The number of aryl methyl sites for hydroxylation is 2. The first-order valence-corrected chi connectivity index (χ1v) is 8.81. The van der Waals surface area contributed by atoms with Crippen molar-refractivity contribution in [3.8, 4) is 5.75 Å². The summed E-state index contributed by atoms with van der Waals surface area (Å²) < 4.78 is 12.8. The zero-order valence-corrected chi connectivity index (χ0v) is 15.0. The molecule has 7 nitrogen and oxygen atoms in total. The molecule has 2 N–H and O–H groups in total. The van der Waals surface area contributed by atoms with E-state index in [0.717, 1.165) is 10.6 Å². The van der Waals surface area contributed by atoms with Crippen LogP contribution >= 0.6 is 11.3 Å². The molecular weight excluding hydrogens is 352 g/mol. The second-order valence-electron chi connectivity index (χ2n) is 5.83. The third-order valence-electron chi connectivity index (χ3n) is 4.08. The Bertz CT molecular complexity index is 1110. The summed E-state index contributed by atoms with van der Waals surface area (Å²) in [7, 11) is 0. The maximum Gasteiger partial charge on any atom is 0.282 e. The number of ether oxygens (including phenoxy) is 1. The van der Waals surface area contributed by atoms with Gasteiger partial charge in [-0.15, -0.1) is 16.4 Å². The van der Waals surface area contributed by atoms with Gasteiger partial charge in [-0.2, -0.15) is 0 Å². The fourth-order valence-electron chi connectivity index (χ4n) is 2.73. The van der Waals surface area contributed by atoms with Gasteiger partial charge in [0.1, 0.15) is 29.5 Å². The van der Waals surface area contributed by atoms with Gasteiger partial charge in [-0.1, -0.05) is 0 Å². The molecule has 26 heavy (non-hydrogen) atoms. The standard InChI is InChI=1S/C18H16N4O3S/c1-10-15(26-9-20-10)8-24-12-3-4-14-13(7-12)17(11(2)25-14)18(23)22-6-5-16(19)21-22/h3-7,9H,8H2,1-2H3,(H2,19,21). The Morgan fingerprint density at radius 2 is 2.19 bits per heavy atom. The number of carbonyl (C=O) groups excluding carboxylic acids is 1. The van der Waals surface area contributed by atoms with Gasteiger partial charge in [0, 0.05) is 17.6 Å². The fraction of sp³-hybridized carbons (Fsp3) is 0.167. The van der Waals surface area contributed by atoms with Gasteiger partial charge in [0.15, 0.2) is 0 Å². The highest BCUT2D eigenvalue weighted by atomic mass is 32.1. The number of hydrogen-bond acceptors (Lipinski definition) is 7. The molecule has 0 unspecified atom stereocenters. The zero-order chi connectivity index (χ0) is 18.3. The van der Waals surface area contributed by atoms with Gasteiger partial charge >= 0.3 is 0 Å². The summed E-state index contributed by atoms with van der Waals surface area (Å²) in [5.41, 5.74) is 9.43. The minimum Gasteiger partial charge on any atom is -0.488 e. The first-order chi connectivity index (χ1) is 12.5. The van der Waals surface area contributed by atoms with Crippen LogP contribution in [-0.4, -0.2) is 20.7 Å². The van der Waals surface area contributed by atoms with Crippen molar-refractivity contribution in [3.63, 3.8) is 0 Å². The molecule has 0 spiro atoms. The van der Waals surface area contributed by atoms with Crippen molar-refractivity contribution in [2.24, 2.45) is 0 Å². The molecule has 3 heterocycles. The second kappa shape index (κ2) is 6.30. The molecule has 132 valence electrons. The summed E-state index contributed by atoms with van der Waals surface area (Å²) in [6.07, 6.45) is 1.53. The number of nitrogens with two attached hydrogens (primary N) is 1. The van der Waals surface area contributed by atoms with Crippen molar-refractivity contribution in [2.75, 3.05) is 5.73 Å². The molecule has 0 bridgehead atoms. The number of rotatable bonds is 4. The van der Waals surface area contributed by atoms with E-state index < -0.39 is 0 Å². The van der Waals surface area contributed by atoms with Crippen LogP contribution in [0.25, 0.3) is 11.0 Å². The quantitative estimate of drug-likeness (QED) is 0.592. The van der Waals surface area contributed by atoms with Gasteiger partial charge in [0.05, 0.1) is 21.6 Å². The molecule has 4 aromatic rings. The maximum atomic E-state index is 12.8. The van der Waals surface area contributed by atoms with Gasteiger partial charge < -0.3 is 14.9 Å². The summed E-state index contributed by atoms with van der Waals surface area (Å²) in [6, 6.07) is 7.00. The predicted molar refractivity (Wildman–Crippen MR) is 98.5 cm³/mol. The fourth-order valence-corrected chi connectivity index (χ4v) is 3.42. The minimum absolute atomic E-state index is 0.285. The Morgan fingerprint density at radius 1 is 1.35 bits per heavy atom. The van der Waals surface area contributed by atoms with Gasteiger partial charge in [-0.3, -0.25) is 4.79 Å². The van der Waals surface area contributed by atoms with Crippen LogP contribution < -0.4 is 10.5 Å². The van der Waals surface area contributed by atoms with E-state index in [-0.39, 0.29) is 11.7 Å². The van der Waals surface area contributed by atoms with Crippen molar-refractivity contribution in [1.82, 2.24) is 14.8 Å². The van der Waals surface area contributed by atoms with Crippen LogP contribution in [0.2, 0.25) is 0 Å². The number of nitrogen functional groups attached to an aromatic ring is 1. The number of carbonyl (C=O) groups is 1. The number of fused-ring (bicyclic) bond motifs is 1. The molecule has 0 aliphatic heterocycles. The Hall–Kier alpha value is -3.13. The maximum absolute atomic E-state index is 12.8. The van der Waals surface area contributed by atoms with E-state index in [4.69, 9.17) is 14.9 Å². The highest BCUT2D eigenvalue weighted by molar-refractivity contribution is 7.09. The highest BCUT2D eigenvalue weighted by Crippen LogP contribution is 2.30. The van der Waals surface area contributed by atoms with Crippen LogP contribution in [0.4, 0.5) is 5.82 Å². The Morgan fingerprint density at radius 3 is 2.88 bits per heavy atom. The van der Waals surface area contributed by atoms with Crippen LogP contribution in [0, 0.1) is 13.8 Å². The minimum atomic E-state index is -0.298. The van der Waals surface area contributed by atoms with Gasteiger partial charge in [0.25, 0.3) is 5.91 Å². The van der Waals surface area contributed by atoms with E-state index in [9.17, 15) is 4.79 Å².